The minimum absolute atomic E-state index is 0.0172. The van der Waals surface area contributed by atoms with Gasteiger partial charge in [0.1, 0.15) is 12.1 Å². The van der Waals surface area contributed by atoms with E-state index in [-0.39, 0.29) is 22.8 Å². The van der Waals surface area contributed by atoms with Gasteiger partial charge >= 0.3 is 0 Å². The number of carbonyl (C=O) groups excluding carboxylic acids is 2. The molecule has 2 atom stereocenters. The molecule has 116 valence electrons. The number of piperazine rings is 1. The van der Waals surface area contributed by atoms with Crippen molar-refractivity contribution < 1.29 is 14.3 Å². The van der Waals surface area contributed by atoms with Crippen molar-refractivity contribution in [3.05, 3.63) is 0 Å². The van der Waals surface area contributed by atoms with Crippen molar-refractivity contribution in [2.45, 2.75) is 65.6 Å². The Bertz CT molecular complexity index is 385. The van der Waals surface area contributed by atoms with Crippen molar-refractivity contribution in [1.82, 2.24) is 10.2 Å². The number of rotatable bonds is 4. The number of ether oxygens (including phenoxy) is 1. The van der Waals surface area contributed by atoms with Crippen LogP contribution in [-0.2, 0) is 14.3 Å². The fourth-order valence-electron chi connectivity index (χ4n) is 2.46. The van der Waals surface area contributed by atoms with Gasteiger partial charge in [0.05, 0.1) is 5.60 Å². The van der Waals surface area contributed by atoms with Gasteiger partial charge in [-0.25, -0.2) is 0 Å². The van der Waals surface area contributed by atoms with Crippen molar-refractivity contribution in [2.24, 2.45) is 5.41 Å². The SMILES string of the molecule is COC(C)(C)CCN1C(=O)C(C)NC(=O)C1C(C)(C)C. The molecule has 1 fully saturated rings. The highest BCUT2D eigenvalue weighted by atomic mass is 16.5. The summed E-state index contributed by atoms with van der Waals surface area (Å²) in [4.78, 5) is 26.4. The zero-order chi connectivity index (χ0) is 15.7. The topological polar surface area (TPSA) is 58.6 Å². The monoisotopic (exact) mass is 284 g/mol. The van der Waals surface area contributed by atoms with E-state index in [2.05, 4.69) is 5.32 Å². The zero-order valence-electron chi connectivity index (χ0n) is 13.7. The van der Waals surface area contributed by atoms with E-state index in [1.807, 2.05) is 34.6 Å². The Hall–Kier alpha value is -1.10. The summed E-state index contributed by atoms with van der Waals surface area (Å²) in [7, 11) is 1.66. The van der Waals surface area contributed by atoms with Crippen molar-refractivity contribution >= 4 is 11.8 Å². The van der Waals surface area contributed by atoms with Gasteiger partial charge < -0.3 is 15.0 Å². The standard InChI is InChI=1S/C15H28N2O3/c1-10-13(19)17(9-8-15(5,6)20-7)11(12(18)16-10)14(2,3)4/h10-11H,8-9H2,1-7H3,(H,16,18). The van der Waals surface area contributed by atoms with E-state index < -0.39 is 12.1 Å². The molecule has 1 aliphatic rings. The summed E-state index contributed by atoms with van der Waals surface area (Å²) in [6.07, 6.45) is 0.696. The van der Waals surface area contributed by atoms with Gasteiger partial charge in [0, 0.05) is 13.7 Å². The van der Waals surface area contributed by atoms with Crippen LogP contribution in [0.5, 0.6) is 0 Å². The van der Waals surface area contributed by atoms with E-state index in [0.717, 1.165) is 0 Å². The molecule has 5 nitrogen and oxygen atoms in total. The minimum Gasteiger partial charge on any atom is -0.379 e. The third-order valence-electron chi connectivity index (χ3n) is 3.90. The summed E-state index contributed by atoms with van der Waals surface area (Å²) in [6, 6.07) is -0.884. The van der Waals surface area contributed by atoms with Crippen LogP contribution < -0.4 is 5.32 Å². The maximum Gasteiger partial charge on any atom is 0.245 e. The Kier molecular flexibility index (Phi) is 4.85. The molecule has 1 aliphatic heterocycles. The number of methoxy groups -OCH3 is 1. The van der Waals surface area contributed by atoms with Crippen LogP contribution in [0, 0.1) is 5.41 Å². The Morgan fingerprint density at radius 3 is 2.20 bits per heavy atom. The molecule has 0 aromatic heterocycles. The van der Waals surface area contributed by atoms with Crippen LogP contribution in [0.1, 0.15) is 48.0 Å². The van der Waals surface area contributed by atoms with Gasteiger partial charge in [0.2, 0.25) is 11.8 Å². The molecule has 1 rings (SSSR count). The lowest BCUT2D eigenvalue weighted by Gasteiger charge is -2.44. The average Bonchev–Trinajstić information content (AvgIpc) is 2.30. The van der Waals surface area contributed by atoms with E-state index in [0.29, 0.717) is 13.0 Å². The molecule has 20 heavy (non-hydrogen) atoms. The summed E-state index contributed by atoms with van der Waals surface area (Å²) in [5.41, 5.74) is -0.600. The molecule has 1 saturated heterocycles. The number of nitrogens with zero attached hydrogens (tertiary/aromatic N) is 1. The van der Waals surface area contributed by atoms with Gasteiger partial charge in [-0.15, -0.1) is 0 Å². The normalized spacial score (nSPS) is 24.9. The molecule has 0 radical (unpaired) electrons. The van der Waals surface area contributed by atoms with Crippen molar-refractivity contribution in [3.63, 3.8) is 0 Å². The Morgan fingerprint density at radius 2 is 1.75 bits per heavy atom. The van der Waals surface area contributed by atoms with E-state index in [9.17, 15) is 9.59 Å². The van der Waals surface area contributed by atoms with Crippen LogP contribution in [0.3, 0.4) is 0 Å². The average molecular weight is 284 g/mol. The van der Waals surface area contributed by atoms with Gasteiger partial charge in [0.15, 0.2) is 0 Å². The van der Waals surface area contributed by atoms with Gasteiger partial charge in [-0.05, 0) is 32.6 Å². The summed E-state index contributed by atoms with van der Waals surface area (Å²) in [6.45, 7) is 12.2. The number of carbonyl (C=O) groups is 2. The predicted molar refractivity (Wildman–Crippen MR) is 78.3 cm³/mol. The first kappa shape index (κ1) is 17.0. The second-order valence-electron chi connectivity index (χ2n) is 7.24. The molecule has 0 aromatic rings. The molecule has 1 heterocycles. The third kappa shape index (κ3) is 3.72. The zero-order valence-corrected chi connectivity index (χ0v) is 13.7. The molecular formula is C15H28N2O3. The summed E-state index contributed by atoms with van der Waals surface area (Å²) >= 11 is 0. The molecule has 5 heteroatoms. The van der Waals surface area contributed by atoms with Gasteiger partial charge in [-0.2, -0.15) is 0 Å². The summed E-state index contributed by atoms with van der Waals surface area (Å²) < 4.78 is 5.40. The summed E-state index contributed by atoms with van der Waals surface area (Å²) in [5.74, 6) is -0.0868. The number of hydrogen-bond donors (Lipinski definition) is 1. The number of amides is 2. The summed E-state index contributed by atoms with van der Waals surface area (Å²) in [5, 5.41) is 2.77. The van der Waals surface area contributed by atoms with E-state index in [1.54, 1.807) is 18.9 Å². The lowest BCUT2D eigenvalue weighted by molar-refractivity contribution is -0.154. The smallest absolute Gasteiger partial charge is 0.245 e. The lowest BCUT2D eigenvalue weighted by Crippen LogP contribution is -2.66. The maximum atomic E-state index is 12.4. The Morgan fingerprint density at radius 1 is 1.20 bits per heavy atom. The third-order valence-corrected chi connectivity index (χ3v) is 3.90. The first-order valence-corrected chi connectivity index (χ1v) is 7.15. The molecule has 0 bridgehead atoms. The molecule has 0 saturated carbocycles. The molecule has 0 aromatic carbocycles. The second kappa shape index (κ2) is 5.72. The molecular weight excluding hydrogens is 256 g/mol. The van der Waals surface area contributed by atoms with Crippen LogP contribution in [-0.4, -0.2) is 48.1 Å². The molecule has 2 amide bonds. The van der Waals surface area contributed by atoms with Crippen LogP contribution in [0.25, 0.3) is 0 Å². The molecule has 2 unspecified atom stereocenters. The fourth-order valence-corrected chi connectivity index (χ4v) is 2.46. The van der Waals surface area contributed by atoms with Gasteiger partial charge in [-0.3, -0.25) is 9.59 Å². The highest BCUT2D eigenvalue weighted by molar-refractivity contribution is 5.97. The molecule has 0 spiro atoms. The second-order valence-corrected chi connectivity index (χ2v) is 7.24. The quantitative estimate of drug-likeness (QED) is 0.852. The Labute approximate surface area is 122 Å². The van der Waals surface area contributed by atoms with Crippen molar-refractivity contribution in [2.75, 3.05) is 13.7 Å². The largest absolute Gasteiger partial charge is 0.379 e. The predicted octanol–water partition coefficient (Wildman–Crippen LogP) is 1.56. The van der Waals surface area contributed by atoms with Crippen molar-refractivity contribution in [3.8, 4) is 0 Å². The fraction of sp³-hybridized carbons (Fsp3) is 0.867. The van der Waals surface area contributed by atoms with E-state index in [1.165, 1.54) is 0 Å². The van der Waals surface area contributed by atoms with E-state index in [4.69, 9.17) is 4.74 Å². The minimum atomic E-state index is -0.452. The lowest BCUT2D eigenvalue weighted by atomic mass is 9.83. The van der Waals surface area contributed by atoms with Crippen LogP contribution >= 0.6 is 0 Å². The molecule has 1 N–H and O–H groups in total. The highest BCUT2D eigenvalue weighted by Gasteiger charge is 2.44. The molecule has 0 aliphatic carbocycles. The first-order chi connectivity index (χ1) is 8.99. The Balaban J connectivity index is 2.95. The van der Waals surface area contributed by atoms with Crippen LogP contribution in [0.15, 0.2) is 0 Å². The van der Waals surface area contributed by atoms with Gasteiger partial charge in [-0.1, -0.05) is 20.8 Å². The highest BCUT2D eigenvalue weighted by Crippen LogP contribution is 2.29. The number of nitrogens with one attached hydrogen (secondary N) is 1. The van der Waals surface area contributed by atoms with Crippen LogP contribution in [0.4, 0.5) is 0 Å². The number of hydrogen-bond acceptors (Lipinski definition) is 3. The van der Waals surface area contributed by atoms with E-state index >= 15 is 0 Å². The van der Waals surface area contributed by atoms with Gasteiger partial charge in [0.25, 0.3) is 0 Å². The van der Waals surface area contributed by atoms with Crippen molar-refractivity contribution in [1.29, 1.82) is 0 Å². The first-order valence-electron chi connectivity index (χ1n) is 7.15. The van der Waals surface area contributed by atoms with Crippen LogP contribution in [0.2, 0.25) is 0 Å². The maximum absolute atomic E-state index is 12.4.